The van der Waals surface area contributed by atoms with Crippen molar-refractivity contribution in [3.63, 3.8) is 0 Å². The third-order valence-corrected chi connectivity index (χ3v) is 5.06. The van der Waals surface area contributed by atoms with Gasteiger partial charge in [-0.2, -0.15) is 0 Å². The molecule has 0 aliphatic heterocycles. The van der Waals surface area contributed by atoms with Gasteiger partial charge >= 0.3 is 0 Å². The average molecular weight is 311 g/mol. The number of fused-ring (bicyclic) bond motifs is 1. The minimum Gasteiger partial charge on any atom is -0.368 e. The van der Waals surface area contributed by atoms with Gasteiger partial charge in [0.1, 0.15) is 10.4 Å². The van der Waals surface area contributed by atoms with Gasteiger partial charge in [-0.05, 0) is 19.4 Å². The van der Waals surface area contributed by atoms with Crippen LogP contribution in [0.2, 0.25) is 5.02 Å². The fourth-order valence-corrected chi connectivity index (χ4v) is 3.20. The lowest BCUT2D eigenvalue weighted by atomic mass is 9.98. The summed E-state index contributed by atoms with van der Waals surface area (Å²) in [6.07, 6.45) is 0.413. The molecule has 2 amide bonds. The summed E-state index contributed by atoms with van der Waals surface area (Å²) < 4.78 is 0.930. The highest BCUT2D eigenvalue weighted by Gasteiger charge is 2.32. The number of nitrogens with one attached hydrogen (secondary N) is 1. The molecule has 20 heavy (non-hydrogen) atoms. The second-order valence-corrected chi connectivity index (χ2v) is 6.18. The van der Waals surface area contributed by atoms with Crippen molar-refractivity contribution < 1.29 is 9.59 Å². The van der Waals surface area contributed by atoms with E-state index in [9.17, 15) is 9.59 Å². The van der Waals surface area contributed by atoms with Crippen LogP contribution in [0.5, 0.6) is 0 Å². The van der Waals surface area contributed by atoms with E-state index in [-0.39, 0.29) is 5.91 Å². The molecule has 0 saturated carbocycles. The number of benzene rings is 1. The number of thiophene rings is 1. The molecule has 4 nitrogen and oxygen atoms in total. The molecular weight excluding hydrogens is 296 g/mol. The molecule has 1 aromatic carbocycles. The molecule has 1 unspecified atom stereocenters. The van der Waals surface area contributed by atoms with Gasteiger partial charge in [-0.15, -0.1) is 11.3 Å². The molecule has 1 heterocycles. The highest BCUT2D eigenvalue weighted by atomic mass is 35.5. The predicted octanol–water partition coefficient (Wildman–Crippen LogP) is 2.94. The number of carbonyl (C=O) groups excluding carboxylic acids is 2. The van der Waals surface area contributed by atoms with E-state index in [4.69, 9.17) is 17.3 Å². The fourth-order valence-electron chi connectivity index (χ4n) is 1.79. The van der Waals surface area contributed by atoms with Crippen LogP contribution in [0.25, 0.3) is 10.1 Å². The number of rotatable bonds is 4. The Morgan fingerprint density at radius 1 is 1.40 bits per heavy atom. The van der Waals surface area contributed by atoms with E-state index < -0.39 is 11.4 Å². The number of nitrogens with two attached hydrogens (primary N) is 1. The van der Waals surface area contributed by atoms with Crippen molar-refractivity contribution >= 4 is 44.8 Å². The summed E-state index contributed by atoms with van der Waals surface area (Å²) in [7, 11) is 0. The van der Waals surface area contributed by atoms with E-state index in [1.807, 2.05) is 24.3 Å². The average Bonchev–Trinajstić information content (AvgIpc) is 2.76. The third kappa shape index (κ3) is 2.51. The molecular formula is C14H15ClN2O2S. The van der Waals surface area contributed by atoms with Crippen LogP contribution in [0.1, 0.15) is 29.9 Å². The monoisotopic (exact) mass is 310 g/mol. The van der Waals surface area contributed by atoms with Gasteiger partial charge in [0.05, 0.1) is 5.02 Å². The largest absolute Gasteiger partial charge is 0.368 e. The van der Waals surface area contributed by atoms with E-state index in [1.54, 1.807) is 13.8 Å². The SMILES string of the molecule is CCC(C)(NC(=O)c1sc2ccccc2c1Cl)C(N)=O. The molecule has 0 fully saturated rings. The highest BCUT2D eigenvalue weighted by molar-refractivity contribution is 7.21. The summed E-state index contributed by atoms with van der Waals surface area (Å²) in [4.78, 5) is 24.2. The van der Waals surface area contributed by atoms with E-state index in [0.717, 1.165) is 10.1 Å². The number of carbonyl (C=O) groups is 2. The normalized spacial score (nSPS) is 13.9. The summed E-state index contributed by atoms with van der Waals surface area (Å²) in [6, 6.07) is 7.51. The first kappa shape index (κ1) is 14.8. The van der Waals surface area contributed by atoms with Crippen molar-refractivity contribution in [1.29, 1.82) is 0 Å². The Morgan fingerprint density at radius 2 is 2.05 bits per heavy atom. The first-order chi connectivity index (χ1) is 9.39. The van der Waals surface area contributed by atoms with Crippen LogP contribution in [0.3, 0.4) is 0 Å². The summed E-state index contributed by atoms with van der Waals surface area (Å²) in [5.41, 5.74) is 4.26. The second kappa shape index (κ2) is 5.42. The van der Waals surface area contributed by atoms with Crippen molar-refractivity contribution in [2.45, 2.75) is 25.8 Å². The number of hydrogen-bond donors (Lipinski definition) is 2. The van der Waals surface area contributed by atoms with Gasteiger partial charge in [-0.25, -0.2) is 0 Å². The zero-order valence-electron chi connectivity index (χ0n) is 11.2. The summed E-state index contributed by atoms with van der Waals surface area (Å²) in [6.45, 7) is 3.39. The van der Waals surface area contributed by atoms with Gasteiger partial charge in [0.25, 0.3) is 5.91 Å². The molecule has 2 aromatic rings. The van der Waals surface area contributed by atoms with Crippen LogP contribution < -0.4 is 11.1 Å². The van der Waals surface area contributed by atoms with Crippen LogP contribution in [0.15, 0.2) is 24.3 Å². The molecule has 1 aromatic heterocycles. The molecule has 1 atom stereocenters. The van der Waals surface area contributed by atoms with Gasteiger partial charge in [0.15, 0.2) is 0 Å². The fraction of sp³-hybridized carbons (Fsp3) is 0.286. The van der Waals surface area contributed by atoms with Crippen molar-refractivity contribution in [2.24, 2.45) is 5.73 Å². The van der Waals surface area contributed by atoms with E-state index >= 15 is 0 Å². The lowest BCUT2D eigenvalue weighted by Gasteiger charge is -2.25. The Bertz CT molecular complexity index is 683. The van der Waals surface area contributed by atoms with Crippen LogP contribution in [0.4, 0.5) is 0 Å². The van der Waals surface area contributed by atoms with E-state index in [1.165, 1.54) is 11.3 Å². The quantitative estimate of drug-likeness (QED) is 0.911. The van der Waals surface area contributed by atoms with E-state index in [2.05, 4.69) is 5.32 Å². The Labute approximate surface area is 125 Å². The van der Waals surface area contributed by atoms with Gasteiger partial charge < -0.3 is 11.1 Å². The number of halogens is 1. The minimum absolute atomic E-state index is 0.376. The Hall–Kier alpha value is -1.59. The summed E-state index contributed by atoms with van der Waals surface area (Å²) in [5, 5.41) is 3.92. The van der Waals surface area contributed by atoms with Gasteiger partial charge in [0.2, 0.25) is 5.91 Å². The Morgan fingerprint density at radius 3 is 2.60 bits per heavy atom. The van der Waals surface area contributed by atoms with Crippen LogP contribution in [-0.4, -0.2) is 17.4 Å². The number of amides is 2. The molecule has 3 N–H and O–H groups in total. The first-order valence-corrected chi connectivity index (χ1v) is 7.38. The predicted molar refractivity (Wildman–Crippen MR) is 82.2 cm³/mol. The maximum Gasteiger partial charge on any atom is 0.263 e. The molecule has 0 spiro atoms. The molecule has 0 aliphatic rings. The number of primary amides is 1. The van der Waals surface area contributed by atoms with Gasteiger partial charge in [-0.1, -0.05) is 36.7 Å². The topological polar surface area (TPSA) is 72.2 Å². The zero-order chi connectivity index (χ0) is 14.9. The first-order valence-electron chi connectivity index (χ1n) is 6.18. The van der Waals surface area contributed by atoms with Crippen molar-refractivity contribution in [2.75, 3.05) is 0 Å². The third-order valence-electron chi connectivity index (χ3n) is 3.38. The lowest BCUT2D eigenvalue weighted by molar-refractivity contribution is -0.123. The Kier molecular flexibility index (Phi) is 4.01. The second-order valence-electron chi connectivity index (χ2n) is 4.75. The number of hydrogen-bond acceptors (Lipinski definition) is 3. The minimum atomic E-state index is -1.07. The summed E-state index contributed by atoms with van der Waals surface area (Å²) >= 11 is 7.54. The van der Waals surface area contributed by atoms with Crippen LogP contribution in [-0.2, 0) is 4.79 Å². The van der Waals surface area contributed by atoms with Crippen molar-refractivity contribution in [1.82, 2.24) is 5.32 Å². The highest BCUT2D eigenvalue weighted by Crippen LogP contribution is 2.35. The van der Waals surface area contributed by atoms with Gasteiger partial charge in [-0.3, -0.25) is 9.59 Å². The molecule has 0 bridgehead atoms. The van der Waals surface area contributed by atoms with Crippen molar-refractivity contribution in [3.8, 4) is 0 Å². The molecule has 0 aliphatic carbocycles. The molecule has 2 rings (SSSR count). The standard InChI is InChI=1S/C14H15ClN2O2S/c1-3-14(2,13(16)19)17-12(18)11-10(15)8-6-4-5-7-9(8)20-11/h4-7H,3H2,1-2H3,(H2,16,19)(H,17,18). The van der Waals surface area contributed by atoms with Crippen molar-refractivity contribution in [3.05, 3.63) is 34.2 Å². The molecule has 0 saturated heterocycles. The van der Waals surface area contributed by atoms with Crippen LogP contribution >= 0.6 is 22.9 Å². The molecule has 0 radical (unpaired) electrons. The zero-order valence-corrected chi connectivity index (χ0v) is 12.8. The smallest absolute Gasteiger partial charge is 0.263 e. The van der Waals surface area contributed by atoms with Crippen LogP contribution in [0, 0.1) is 0 Å². The summed E-state index contributed by atoms with van der Waals surface area (Å²) in [5.74, 6) is -0.940. The molecule has 6 heteroatoms. The van der Waals surface area contributed by atoms with E-state index in [0.29, 0.717) is 16.3 Å². The van der Waals surface area contributed by atoms with Gasteiger partial charge in [0, 0.05) is 10.1 Å². The maximum atomic E-state index is 12.3. The Balaban J connectivity index is 2.37. The maximum absolute atomic E-state index is 12.3. The molecule has 106 valence electrons. The lowest BCUT2D eigenvalue weighted by Crippen LogP contribution is -2.54.